The lowest BCUT2D eigenvalue weighted by molar-refractivity contribution is -0.130. The predicted octanol–water partition coefficient (Wildman–Crippen LogP) is 4.68. The minimum atomic E-state index is -1.04. The molecule has 2 heterocycles. The van der Waals surface area contributed by atoms with Gasteiger partial charge in [0.1, 0.15) is 4.88 Å². The lowest BCUT2D eigenvalue weighted by Crippen LogP contribution is -2.31. The summed E-state index contributed by atoms with van der Waals surface area (Å²) < 4.78 is 5.47. The van der Waals surface area contributed by atoms with Crippen LogP contribution in [0.4, 0.5) is 0 Å². The highest BCUT2D eigenvalue weighted by atomic mass is 35.5. The normalized spacial score (nSPS) is 11.7. The van der Waals surface area contributed by atoms with Crippen molar-refractivity contribution in [3.63, 3.8) is 0 Å². The average molecular weight is 392 g/mol. The van der Waals surface area contributed by atoms with Crippen LogP contribution in [0.3, 0.4) is 0 Å². The number of carbonyl (C=O) groups is 2. The van der Waals surface area contributed by atoms with E-state index in [0.29, 0.717) is 22.0 Å². The van der Waals surface area contributed by atoms with E-state index in [2.05, 4.69) is 5.32 Å². The van der Waals surface area contributed by atoms with E-state index in [1.807, 2.05) is 17.5 Å². The lowest BCUT2D eigenvalue weighted by atomic mass is 10.1. The molecule has 25 heavy (non-hydrogen) atoms. The van der Waals surface area contributed by atoms with E-state index in [1.165, 1.54) is 11.3 Å². The van der Waals surface area contributed by atoms with Gasteiger partial charge in [0.15, 0.2) is 0 Å². The van der Waals surface area contributed by atoms with Crippen LogP contribution < -0.4 is 5.32 Å². The van der Waals surface area contributed by atoms with E-state index >= 15 is 0 Å². The Kier molecular flexibility index (Phi) is 5.86. The maximum absolute atomic E-state index is 12.6. The fraction of sp³-hybridized carbons (Fsp3) is 0.111. The molecule has 0 aliphatic carbocycles. The van der Waals surface area contributed by atoms with Crippen LogP contribution in [0.2, 0.25) is 5.02 Å². The summed E-state index contributed by atoms with van der Waals surface area (Å²) in [5, 5.41) is 7.08. The number of thiophene rings is 2. The van der Waals surface area contributed by atoms with Crippen molar-refractivity contribution in [3.8, 4) is 0 Å². The maximum Gasteiger partial charge on any atom is 0.349 e. The minimum absolute atomic E-state index is 0.374. The fourth-order valence-electron chi connectivity index (χ4n) is 2.15. The van der Waals surface area contributed by atoms with Crippen LogP contribution in [0, 0.1) is 0 Å². The summed E-state index contributed by atoms with van der Waals surface area (Å²) in [5.74, 6) is -0.901. The van der Waals surface area contributed by atoms with Gasteiger partial charge in [-0.05, 0) is 35.0 Å². The van der Waals surface area contributed by atoms with E-state index in [1.54, 1.807) is 53.1 Å². The van der Waals surface area contributed by atoms with Gasteiger partial charge in [-0.1, -0.05) is 35.9 Å². The van der Waals surface area contributed by atoms with Crippen molar-refractivity contribution in [2.75, 3.05) is 0 Å². The van der Waals surface area contributed by atoms with E-state index < -0.39 is 12.1 Å². The van der Waals surface area contributed by atoms with Crippen molar-refractivity contribution in [1.82, 2.24) is 5.32 Å². The first kappa shape index (κ1) is 17.7. The second-order valence-corrected chi connectivity index (χ2v) is 7.53. The molecule has 128 valence electrons. The Labute approximate surface area is 158 Å². The number of hydrogen-bond donors (Lipinski definition) is 1. The molecule has 0 saturated heterocycles. The fourth-order valence-corrected chi connectivity index (χ4v) is 3.53. The lowest BCUT2D eigenvalue weighted by Gasteiger charge is -2.17. The Balaban J connectivity index is 1.76. The first-order valence-electron chi connectivity index (χ1n) is 7.43. The minimum Gasteiger partial charge on any atom is -0.443 e. The third-order valence-corrected chi connectivity index (χ3v) is 5.35. The summed E-state index contributed by atoms with van der Waals surface area (Å²) in [4.78, 5) is 26.4. The van der Waals surface area contributed by atoms with Crippen LogP contribution in [-0.4, -0.2) is 11.9 Å². The van der Waals surface area contributed by atoms with Gasteiger partial charge in [0.2, 0.25) is 6.10 Å². The monoisotopic (exact) mass is 391 g/mol. The molecular formula is C18H14ClNO3S2. The van der Waals surface area contributed by atoms with Crippen LogP contribution in [0.25, 0.3) is 0 Å². The summed E-state index contributed by atoms with van der Waals surface area (Å²) in [6.07, 6.45) is -1.04. The predicted molar refractivity (Wildman–Crippen MR) is 100 cm³/mol. The molecule has 0 saturated carbocycles. The molecular weight excluding hydrogens is 378 g/mol. The molecule has 0 aliphatic rings. The number of nitrogens with one attached hydrogen (secondary N) is 1. The van der Waals surface area contributed by atoms with Gasteiger partial charge >= 0.3 is 5.97 Å². The number of amides is 1. The van der Waals surface area contributed by atoms with E-state index in [9.17, 15) is 9.59 Å². The summed E-state index contributed by atoms with van der Waals surface area (Å²) >= 11 is 8.72. The van der Waals surface area contributed by atoms with Crippen molar-refractivity contribution in [2.45, 2.75) is 12.6 Å². The molecule has 0 fully saturated rings. The first-order chi connectivity index (χ1) is 12.1. The molecule has 3 rings (SSSR count). The van der Waals surface area contributed by atoms with Crippen molar-refractivity contribution in [3.05, 3.63) is 79.6 Å². The molecule has 1 N–H and O–H groups in total. The van der Waals surface area contributed by atoms with Gasteiger partial charge in [0.25, 0.3) is 5.91 Å². The van der Waals surface area contributed by atoms with E-state index in [4.69, 9.17) is 16.3 Å². The number of halogens is 1. The number of rotatable bonds is 6. The van der Waals surface area contributed by atoms with Crippen molar-refractivity contribution in [1.29, 1.82) is 0 Å². The van der Waals surface area contributed by atoms with Crippen LogP contribution in [0.1, 0.15) is 26.2 Å². The zero-order valence-corrected chi connectivity index (χ0v) is 15.4. The Morgan fingerprint density at radius 3 is 2.40 bits per heavy atom. The molecule has 3 aromatic rings. The smallest absolute Gasteiger partial charge is 0.349 e. The first-order valence-corrected chi connectivity index (χ1v) is 9.57. The summed E-state index contributed by atoms with van der Waals surface area (Å²) in [6.45, 7) is 0.386. The van der Waals surface area contributed by atoms with Gasteiger partial charge < -0.3 is 10.1 Å². The van der Waals surface area contributed by atoms with Crippen molar-refractivity contribution >= 4 is 46.2 Å². The molecule has 1 amide bonds. The molecule has 0 aliphatic heterocycles. The summed E-state index contributed by atoms with van der Waals surface area (Å²) in [6, 6.07) is 14.0. The Hall–Kier alpha value is -2.15. The number of ether oxygens (including phenoxy) is 1. The van der Waals surface area contributed by atoms with E-state index in [0.717, 1.165) is 4.88 Å². The molecule has 4 nitrogen and oxygen atoms in total. The average Bonchev–Trinajstić information content (AvgIpc) is 3.31. The van der Waals surface area contributed by atoms with Crippen LogP contribution in [-0.2, 0) is 16.1 Å². The van der Waals surface area contributed by atoms with E-state index in [-0.39, 0.29) is 5.91 Å². The third kappa shape index (κ3) is 4.69. The largest absolute Gasteiger partial charge is 0.443 e. The van der Waals surface area contributed by atoms with Crippen LogP contribution >= 0.6 is 34.3 Å². The molecule has 0 unspecified atom stereocenters. The molecule has 2 aromatic heterocycles. The number of esters is 1. The van der Waals surface area contributed by atoms with Crippen molar-refractivity contribution in [2.24, 2.45) is 0 Å². The molecule has 0 spiro atoms. The quantitative estimate of drug-likeness (QED) is 0.621. The Morgan fingerprint density at radius 1 is 1.04 bits per heavy atom. The van der Waals surface area contributed by atoms with Gasteiger partial charge in [0.05, 0.1) is 6.54 Å². The van der Waals surface area contributed by atoms with Gasteiger partial charge in [0, 0.05) is 15.5 Å². The zero-order chi connectivity index (χ0) is 17.6. The SMILES string of the molecule is O=C(O[C@@H](C(=O)NCc1cccs1)c1ccc(Cl)cc1)c1cccs1. The zero-order valence-electron chi connectivity index (χ0n) is 13.0. The summed E-state index contributed by atoms with van der Waals surface area (Å²) in [5.41, 5.74) is 0.568. The highest BCUT2D eigenvalue weighted by Crippen LogP contribution is 2.23. The molecule has 7 heteroatoms. The number of carbonyl (C=O) groups excluding carboxylic acids is 2. The molecule has 0 bridgehead atoms. The standard InChI is InChI=1S/C18H14ClNO3S2/c19-13-7-5-12(6-8-13)16(23-18(22)15-4-2-10-25-15)17(21)20-11-14-3-1-9-24-14/h1-10,16H,11H2,(H,20,21)/t16-/m1/s1. The number of hydrogen-bond acceptors (Lipinski definition) is 5. The molecule has 1 aromatic carbocycles. The highest BCUT2D eigenvalue weighted by Gasteiger charge is 2.26. The summed E-state index contributed by atoms with van der Waals surface area (Å²) in [7, 11) is 0. The number of benzene rings is 1. The van der Waals surface area contributed by atoms with Gasteiger partial charge in [-0.2, -0.15) is 0 Å². The topological polar surface area (TPSA) is 55.4 Å². The molecule has 1 atom stereocenters. The molecule has 0 radical (unpaired) electrons. The van der Waals surface area contributed by atoms with Crippen LogP contribution in [0.15, 0.2) is 59.3 Å². The second-order valence-electron chi connectivity index (χ2n) is 5.11. The van der Waals surface area contributed by atoms with Crippen LogP contribution in [0.5, 0.6) is 0 Å². The second kappa shape index (κ2) is 8.29. The maximum atomic E-state index is 12.6. The Bertz CT molecular complexity index is 830. The Morgan fingerprint density at radius 2 is 1.76 bits per heavy atom. The van der Waals surface area contributed by atoms with Gasteiger partial charge in [-0.25, -0.2) is 4.79 Å². The van der Waals surface area contributed by atoms with Gasteiger partial charge in [-0.3, -0.25) is 4.79 Å². The van der Waals surface area contributed by atoms with Crippen molar-refractivity contribution < 1.29 is 14.3 Å². The van der Waals surface area contributed by atoms with Gasteiger partial charge in [-0.15, -0.1) is 22.7 Å². The highest BCUT2D eigenvalue weighted by molar-refractivity contribution is 7.12. The third-order valence-electron chi connectivity index (χ3n) is 3.38.